The Kier molecular flexibility index (Phi) is 5.84. The molecule has 0 aliphatic rings. The lowest BCUT2D eigenvalue weighted by atomic mass is 10.5. The Hall–Kier alpha value is -0.513. The second-order valence-electron chi connectivity index (χ2n) is 3.70. The summed E-state index contributed by atoms with van der Waals surface area (Å²) >= 11 is 0. The largest absolute Gasteiger partial charge is 0.505 e. The lowest BCUT2D eigenvalue weighted by Crippen LogP contribution is -2.47. The number of carboxylic acid groups (broad SMARTS) is 1. The average molecular weight is 218 g/mol. The van der Waals surface area contributed by atoms with Gasteiger partial charge in [-0.05, 0) is 6.42 Å². The minimum Gasteiger partial charge on any atom is -0.450 e. The van der Waals surface area contributed by atoms with Crippen LogP contribution in [0, 0.1) is 0 Å². The van der Waals surface area contributed by atoms with Crippen molar-refractivity contribution in [3.8, 4) is 0 Å². The third-order valence-corrected chi connectivity index (χ3v) is 9.53. The molecule has 0 spiro atoms. The SMILES string of the molecule is CCC(OC(=O)O)[Si](CC)(CC)CC. The predicted molar refractivity (Wildman–Crippen MR) is 60.4 cm³/mol. The minimum absolute atomic E-state index is 0.0278. The Balaban J connectivity index is 4.64. The molecule has 0 heterocycles. The molecule has 0 aliphatic heterocycles. The molecule has 0 bridgehead atoms. The molecule has 0 saturated carbocycles. The average Bonchev–Trinajstić information content (AvgIpc) is 2.19. The molecule has 14 heavy (non-hydrogen) atoms. The fourth-order valence-corrected chi connectivity index (χ4v) is 6.28. The number of ether oxygens (including phenoxy) is 1. The summed E-state index contributed by atoms with van der Waals surface area (Å²) in [6.45, 7) is 8.49. The van der Waals surface area contributed by atoms with Gasteiger partial charge < -0.3 is 9.84 Å². The fourth-order valence-electron chi connectivity index (χ4n) is 2.20. The highest BCUT2D eigenvalue weighted by molar-refractivity contribution is 6.80. The van der Waals surface area contributed by atoms with Crippen molar-refractivity contribution in [1.29, 1.82) is 0 Å². The van der Waals surface area contributed by atoms with E-state index in [9.17, 15) is 4.79 Å². The summed E-state index contributed by atoms with van der Waals surface area (Å²) in [6.07, 6.45) is -0.308. The highest BCUT2D eigenvalue weighted by Gasteiger charge is 2.38. The molecule has 4 heteroatoms. The number of hydrogen-bond acceptors (Lipinski definition) is 2. The van der Waals surface area contributed by atoms with Gasteiger partial charge in [0.25, 0.3) is 0 Å². The maximum atomic E-state index is 10.6. The van der Waals surface area contributed by atoms with Crippen LogP contribution < -0.4 is 0 Å². The highest BCUT2D eigenvalue weighted by Crippen LogP contribution is 2.28. The molecule has 0 aliphatic carbocycles. The third kappa shape index (κ3) is 3.01. The molecule has 0 aromatic heterocycles. The molecule has 3 nitrogen and oxygen atoms in total. The van der Waals surface area contributed by atoms with Gasteiger partial charge in [-0.3, -0.25) is 0 Å². The van der Waals surface area contributed by atoms with Gasteiger partial charge in [-0.25, -0.2) is 4.79 Å². The molecule has 0 saturated heterocycles. The first-order chi connectivity index (χ1) is 6.56. The highest BCUT2D eigenvalue weighted by atomic mass is 28.3. The molecule has 0 amide bonds. The second-order valence-corrected chi connectivity index (χ2v) is 9.19. The second kappa shape index (κ2) is 6.06. The molecule has 0 aromatic carbocycles. The van der Waals surface area contributed by atoms with E-state index >= 15 is 0 Å². The maximum absolute atomic E-state index is 10.6. The lowest BCUT2D eigenvalue weighted by molar-refractivity contribution is 0.0742. The topological polar surface area (TPSA) is 46.5 Å². The van der Waals surface area contributed by atoms with Crippen LogP contribution in [0.2, 0.25) is 18.1 Å². The van der Waals surface area contributed by atoms with Crippen molar-refractivity contribution in [2.24, 2.45) is 0 Å². The molecule has 1 N–H and O–H groups in total. The van der Waals surface area contributed by atoms with Gasteiger partial charge in [0.1, 0.15) is 8.07 Å². The monoisotopic (exact) mass is 218 g/mol. The summed E-state index contributed by atoms with van der Waals surface area (Å²) in [7, 11) is -1.51. The zero-order valence-corrected chi connectivity index (χ0v) is 10.7. The third-order valence-electron chi connectivity index (χ3n) is 3.41. The van der Waals surface area contributed by atoms with Gasteiger partial charge in [-0.1, -0.05) is 45.8 Å². The molecule has 0 rings (SSSR count). The summed E-state index contributed by atoms with van der Waals surface area (Å²) in [5, 5.41) is 8.66. The molecule has 1 atom stereocenters. The first kappa shape index (κ1) is 13.5. The normalized spacial score (nSPS) is 13.7. The summed E-state index contributed by atoms with van der Waals surface area (Å²) in [5.41, 5.74) is -0.0278. The van der Waals surface area contributed by atoms with Gasteiger partial charge in [-0.15, -0.1) is 0 Å². The fraction of sp³-hybridized carbons (Fsp3) is 0.900. The smallest absolute Gasteiger partial charge is 0.450 e. The summed E-state index contributed by atoms with van der Waals surface area (Å²) in [4.78, 5) is 10.6. The van der Waals surface area contributed by atoms with E-state index in [-0.39, 0.29) is 5.73 Å². The van der Waals surface area contributed by atoms with Crippen LogP contribution in [0.4, 0.5) is 4.79 Å². The lowest BCUT2D eigenvalue weighted by Gasteiger charge is -2.34. The van der Waals surface area contributed by atoms with Crippen molar-refractivity contribution in [1.82, 2.24) is 0 Å². The molecular weight excluding hydrogens is 196 g/mol. The van der Waals surface area contributed by atoms with E-state index in [1.807, 2.05) is 6.92 Å². The van der Waals surface area contributed by atoms with Crippen LogP contribution in [0.15, 0.2) is 0 Å². The Bertz CT molecular complexity index is 170. The first-order valence-electron chi connectivity index (χ1n) is 5.45. The Morgan fingerprint density at radius 3 is 1.86 bits per heavy atom. The van der Waals surface area contributed by atoms with E-state index in [4.69, 9.17) is 9.84 Å². The van der Waals surface area contributed by atoms with Crippen LogP contribution in [-0.2, 0) is 4.74 Å². The van der Waals surface area contributed by atoms with Crippen molar-refractivity contribution in [3.05, 3.63) is 0 Å². The number of carbonyl (C=O) groups is 1. The quantitative estimate of drug-likeness (QED) is 0.548. The van der Waals surface area contributed by atoms with Crippen LogP contribution in [-0.4, -0.2) is 25.1 Å². The Morgan fingerprint density at radius 1 is 1.21 bits per heavy atom. The van der Waals surface area contributed by atoms with Crippen LogP contribution in [0.5, 0.6) is 0 Å². The van der Waals surface area contributed by atoms with Gasteiger partial charge >= 0.3 is 6.16 Å². The van der Waals surface area contributed by atoms with Crippen molar-refractivity contribution in [2.75, 3.05) is 0 Å². The number of rotatable bonds is 6. The van der Waals surface area contributed by atoms with Crippen molar-refractivity contribution < 1.29 is 14.6 Å². The van der Waals surface area contributed by atoms with E-state index in [2.05, 4.69) is 20.8 Å². The predicted octanol–water partition coefficient (Wildman–Crippen LogP) is 3.51. The number of hydrogen-bond donors (Lipinski definition) is 1. The molecular formula is C10H22O3Si. The van der Waals surface area contributed by atoms with Crippen LogP contribution in [0.3, 0.4) is 0 Å². The van der Waals surface area contributed by atoms with Gasteiger partial charge in [-0.2, -0.15) is 0 Å². The zero-order valence-electron chi connectivity index (χ0n) is 9.67. The Labute approximate surface area is 87.5 Å². The molecule has 0 fully saturated rings. The first-order valence-corrected chi connectivity index (χ1v) is 8.15. The van der Waals surface area contributed by atoms with Crippen molar-refractivity contribution in [2.45, 2.75) is 58.0 Å². The summed E-state index contributed by atoms with van der Waals surface area (Å²) in [6, 6.07) is 3.31. The van der Waals surface area contributed by atoms with Crippen molar-refractivity contribution >= 4 is 14.2 Å². The van der Waals surface area contributed by atoms with Gasteiger partial charge in [0.05, 0.1) is 5.73 Å². The molecule has 84 valence electrons. The molecule has 0 aromatic rings. The summed E-state index contributed by atoms with van der Waals surface area (Å²) in [5.74, 6) is 0. The minimum atomic E-state index is -1.51. The van der Waals surface area contributed by atoms with Gasteiger partial charge in [0, 0.05) is 0 Å². The van der Waals surface area contributed by atoms with Crippen molar-refractivity contribution in [3.63, 3.8) is 0 Å². The maximum Gasteiger partial charge on any atom is 0.505 e. The van der Waals surface area contributed by atoms with Crippen LogP contribution >= 0.6 is 0 Å². The van der Waals surface area contributed by atoms with Gasteiger partial charge in [0.15, 0.2) is 0 Å². The Morgan fingerprint density at radius 2 is 1.64 bits per heavy atom. The van der Waals surface area contributed by atoms with E-state index in [1.165, 1.54) is 0 Å². The van der Waals surface area contributed by atoms with E-state index in [1.54, 1.807) is 0 Å². The van der Waals surface area contributed by atoms with Gasteiger partial charge in [0.2, 0.25) is 0 Å². The van der Waals surface area contributed by atoms with Crippen LogP contribution in [0.1, 0.15) is 34.1 Å². The van der Waals surface area contributed by atoms with Crippen LogP contribution in [0.25, 0.3) is 0 Å². The van der Waals surface area contributed by atoms with E-state index in [0.29, 0.717) is 0 Å². The standard InChI is InChI=1S/C10H22O3Si/c1-5-9(13-10(11)12)14(6-2,7-3)8-4/h9H,5-8H2,1-4H3,(H,11,12). The molecule has 0 radical (unpaired) electrons. The molecule has 1 unspecified atom stereocenters. The summed E-state index contributed by atoms with van der Waals surface area (Å²) < 4.78 is 5.02. The zero-order chi connectivity index (χ0) is 11.2. The van der Waals surface area contributed by atoms with E-state index in [0.717, 1.165) is 24.6 Å². The van der Waals surface area contributed by atoms with E-state index < -0.39 is 14.2 Å².